The van der Waals surface area contributed by atoms with Crippen LogP contribution < -0.4 is 4.74 Å². The molecule has 0 heterocycles. The second-order valence-corrected chi connectivity index (χ2v) is 4.76. The van der Waals surface area contributed by atoms with Crippen LogP contribution in [0.25, 0.3) is 0 Å². The zero-order valence-electron chi connectivity index (χ0n) is 11.7. The SMILES string of the molecule is C=CC(=O)OCCCOc1ccc(C2CC2OC)cc1. The highest BCUT2D eigenvalue weighted by Gasteiger charge is 2.38. The van der Waals surface area contributed by atoms with Crippen LogP contribution >= 0.6 is 0 Å². The van der Waals surface area contributed by atoms with Crippen LogP contribution in [0.15, 0.2) is 36.9 Å². The van der Waals surface area contributed by atoms with Gasteiger partial charge in [0.15, 0.2) is 0 Å². The summed E-state index contributed by atoms with van der Waals surface area (Å²) in [6, 6.07) is 8.10. The van der Waals surface area contributed by atoms with Crippen molar-refractivity contribution in [2.75, 3.05) is 20.3 Å². The third kappa shape index (κ3) is 4.10. The molecule has 4 heteroatoms. The van der Waals surface area contributed by atoms with E-state index in [0.29, 0.717) is 31.7 Å². The summed E-state index contributed by atoms with van der Waals surface area (Å²) in [6.07, 6.45) is 3.30. The van der Waals surface area contributed by atoms with Crippen molar-refractivity contribution in [1.82, 2.24) is 0 Å². The zero-order valence-corrected chi connectivity index (χ0v) is 11.7. The van der Waals surface area contributed by atoms with Crippen molar-refractivity contribution in [2.24, 2.45) is 0 Å². The molecule has 0 radical (unpaired) electrons. The molecule has 0 aromatic heterocycles. The lowest BCUT2D eigenvalue weighted by molar-refractivity contribution is -0.137. The van der Waals surface area contributed by atoms with Gasteiger partial charge in [0.05, 0.1) is 19.3 Å². The molecular formula is C16H20O4. The summed E-state index contributed by atoms with van der Waals surface area (Å²) in [5, 5.41) is 0. The van der Waals surface area contributed by atoms with Crippen molar-refractivity contribution in [2.45, 2.75) is 24.9 Å². The van der Waals surface area contributed by atoms with E-state index in [2.05, 4.69) is 18.7 Å². The number of methoxy groups -OCH3 is 1. The predicted octanol–water partition coefficient (Wildman–Crippen LogP) is 2.69. The largest absolute Gasteiger partial charge is 0.493 e. The van der Waals surface area contributed by atoms with Crippen LogP contribution in [0.4, 0.5) is 0 Å². The summed E-state index contributed by atoms with van der Waals surface area (Å²) >= 11 is 0. The molecule has 2 rings (SSSR count). The average Bonchev–Trinajstić information content (AvgIpc) is 3.27. The maximum atomic E-state index is 10.8. The number of hydrogen-bond acceptors (Lipinski definition) is 4. The minimum absolute atomic E-state index is 0.348. The molecule has 1 saturated carbocycles. The molecule has 1 aliphatic carbocycles. The third-order valence-electron chi connectivity index (χ3n) is 3.31. The zero-order chi connectivity index (χ0) is 14.4. The van der Waals surface area contributed by atoms with Crippen LogP contribution in [0.3, 0.4) is 0 Å². The minimum atomic E-state index is -0.397. The van der Waals surface area contributed by atoms with Crippen LogP contribution in [0.5, 0.6) is 5.75 Å². The van der Waals surface area contributed by atoms with E-state index in [1.807, 2.05) is 12.1 Å². The van der Waals surface area contributed by atoms with Gasteiger partial charge in [-0.2, -0.15) is 0 Å². The molecule has 1 fully saturated rings. The van der Waals surface area contributed by atoms with E-state index in [1.165, 1.54) is 5.56 Å². The van der Waals surface area contributed by atoms with Crippen LogP contribution in [0.1, 0.15) is 24.3 Å². The molecule has 20 heavy (non-hydrogen) atoms. The molecule has 0 spiro atoms. The van der Waals surface area contributed by atoms with E-state index in [-0.39, 0.29) is 0 Å². The van der Waals surface area contributed by atoms with E-state index >= 15 is 0 Å². The second-order valence-electron chi connectivity index (χ2n) is 4.76. The van der Waals surface area contributed by atoms with Crippen molar-refractivity contribution in [1.29, 1.82) is 0 Å². The summed E-state index contributed by atoms with van der Waals surface area (Å²) in [5.41, 5.74) is 1.30. The first-order chi connectivity index (χ1) is 9.74. The highest BCUT2D eigenvalue weighted by molar-refractivity contribution is 5.81. The van der Waals surface area contributed by atoms with Gasteiger partial charge in [-0.25, -0.2) is 4.79 Å². The molecule has 0 aliphatic heterocycles. The molecule has 0 amide bonds. The molecule has 2 atom stereocenters. The summed E-state index contributed by atoms with van der Waals surface area (Å²) in [7, 11) is 1.75. The van der Waals surface area contributed by atoms with Gasteiger partial charge in [0.25, 0.3) is 0 Å². The Labute approximate surface area is 119 Å². The molecule has 2 unspecified atom stereocenters. The van der Waals surface area contributed by atoms with E-state index < -0.39 is 5.97 Å². The van der Waals surface area contributed by atoms with E-state index in [9.17, 15) is 4.79 Å². The second kappa shape index (κ2) is 7.10. The van der Waals surface area contributed by atoms with Crippen LogP contribution in [0.2, 0.25) is 0 Å². The molecular weight excluding hydrogens is 256 g/mol. The molecule has 0 N–H and O–H groups in total. The Morgan fingerprint density at radius 3 is 2.70 bits per heavy atom. The Balaban J connectivity index is 1.66. The van der Waals surface area contributed by atoms with Crippen molar-refractivity contribution in [3.63, 3.8) is 0 Å². The monoisotopic (exact) mass is 276 g/mol. The van der Waals surface area contributed by atoms with E-state index in [4.69, 9.17) is 14.2 Å². The molecule has 108 valence electrons. The fourth-order valence-corrected chi connectivity index (χ4v) is 2.07. The molecule has 4 nitrogen and oxygen atoms in total. The number of carbonyl (C=O) groups is 1. The number of ether oxygens (including phenoxy) is 3. The van der Waals surface area contributed by atoms with Gasteiger partial charge >= 0.3 is 5.97 Å². The van der Waals surface area contributed by atoms with Gasteiger partial charge in [0.1, 0.15) is 5.75 Å². The van der Waals surface area contributed by atoms with Crippen LogP contribution in [-0.4, -0.2) is 32.4 Å². The van der Waals surface area contributed by atoms with E-state index in [1.54, 1.807) is 7.11 Å². The number of carbonyl (C=O) groups excluding carboxylic acids is 1. The van der Waals surface area contributed by atoms with Crippen molar-refractivity contribution >= 4 is 5.97 Å². The van der Waals surface area contributed by atoms with Gasteiger partial charge in [-0.1, -0.05) is 18.7 Å². The van der Waals surface area contributed by atoms with Crippen LogP contribution in [-0.2, 0) is 14.3 Å². The number of esters is 1. The first kappa shape index (κ1) is 14.6. The number of rotatable bonds is 8. The molecule has 0 bridgehead atoms. The lowest BCUT2D eigenvalue weighted by atomic mass is 10.1. The van der Waals surface area contributed by atoms with Gasteiger partial charge in [-0.05, 0) is 24.1 Å². The quantitative estimate of drug-likeness (QED) is 0.416. The fraction of sp³-hybridized carbons (Fsp3) is 0.438. The first-order valence-corrected chi connectivity index (χ1v) is 6.79. The van der Waals surface area contributed by atoms with Crippen molar-refractivity contribution in [3.8, 4) is 5.75 Å². The number of benzene rings is 1. The molecule has 0 saturated heterocycles. The summed E-state index contributed by atoms with van der Waals surface area (Å²) in [6.45, 7) is 4.20. The normalized spacial score (nSPS) is 20.2. The highest BCUT2D eigenvalue weighted by Crippen LogP contribution is 2.43. The Morgan fingerprint density at radius 1 is 1.35 bits per heavy atom. The van der Waals surface area contributed by atoms with Crippen LogP contribution in [0, 0.1) is 0 Å². The topological polar surface area (TPSA) is 44.8 Å². The lowest BCUT2D eigenvalue weighted by Crippen LogP contribution is -2.06. The molecule has 1 aromatic rings. The smallest absolute Gasteiger partial charge is 0.330 e. The molecule has 1 aliphatic rings. The highest BCUT2D eigenvalue weighted by atomic mass is 16.5. The maximum absolute atomic E-state index is 10.8. The molecule has 1 aromatic carbocycles. The van der Waals surface area contributed by atoms with Gasteiger partial charge in [-0.15, -0.1) is 0 Å². The minimum Gasteiger partial charge on any atom is -0.493 e. The Hall–Kier alpha value is -1.81. The van der Waals surface area contributed by atoms with Crippen molar-refractivity contribution in [3.05, 3.63) is 42.5 Å². The average molecular weight is 276 g/mol. The summed E-state index contributed by atoms with van der Waals surface area (Å²) in [4.78, 5) is 10.8. The third-order valence-corrected chi connectivity index (χ3v) is 3.31. The summed E-state index contributed by atoms with van der Waals surface area (Å²) in [5.74, 6) is 0.970. The predicted molar refractivity (Wildman–Crippen MR) is 75.9 cm³/mol. The van der Waals surface area contributed by atoms with Crippen molar-refractivity contribution < 1.29 is 19.0 Å². The standard InChI is InChI=1S/C16H20O4/c1-3-16(17)20-10-4-9-19-13-7-5-12(6-8-13)14-11-15(14)18-2/h3,5-8,14-15H,1,4,9-11H2,2H3. The van der Waals surface area contributed by atoms with E-state index in [0.717, 1.165) is 18.2 Å². The Kier molecular flexibility index (Phi) is 5.18. The Morgan fingerprint density at radius 2 is 2.10 bits per heavy atom. The van der Waals surface area contributed by atoms with Gasteiger partial charge in [-0.3, -0.25) is 0 Å². The van der Waals surface area contributed by atoms with Gasteiger partial charge < -0.3 is 14.2 Å². The summed E-state index contributed by atoms with van der Waals surface area (Å²) < 4.78 is 15.7. The number of hydrogen-bond donors (Lipinski definition) is 0. The van der Waals surface area contributed by atoms with Gasteiger partial charge in [0.2, 0.25) is 0 Å². The Bertz CT molecular complexity index is 452. The van der Waals surface area contributed by atoms with Gasteiger partial charge in [0, 0.05) is 25.5 Å². The maximum Gasteiger partial charge on any atom is 0.330 e. The first-order valence-electron chi connectivity index (χ1n) is 6.79. The lowest BCUT2D eigenvalue weighted by Gasteiger charge is -2.07. The fourth-order valence-electron chi connectivity index (χ4n) is 2.07.